The van der Waals surface area contributed by atoms with Gasteiger partial charge in [-0.25, -0.2) is 0 Å². The van der Waals surface area contributed by atoms with Gasteiger partial charge in [0.05, 0.1) is 6.61 Å². The molecule has 1 nitrogen and oxygen atoms in total. The van der Waals surface area contributed by atoms with Crippen molar-refractivity contribution in [2.75, 3.05) is 6.61 Å². The van der Waals surface area contributed by atoms with Crippen molar-refractivity contribution in [3.63, 3.8) is 0 Å². The minimum absolute atomic E-state index is 0.727. The smallest absolute Gasteiger partial charge is 0.119 e. The average molecular weight is 229 g/mol. The molecule has 0 radical (unpaired) electrons. The highest BCUT2D eigenvalue weighted by atomic mass is 79.9. The lowest BCUT2D eigenvalue weighted by Crippen LogP contribution is -1.92. The normalized spacial score (nSPS) is 9.92. The summed E-state index contributed by atoms with van der Waals surface area (Å²) < 4.78 is 6.54. The zero-order valence-electron chi connectivity index (χ0n) is 7.43. The fourth-order valence-corrected chi connectivity index (χ4v) is 1.61. The molecule has 0 amide bonds. The van der Waals surface area contributed by atoms with Gasteiger partial charge in [-0.05, 0) is 37.1 Å². The highest BCUT2D eigenvalue weighted by Crippen LogP contribution is 2.22. The molecular formula is C10H13BrO. The van der Waals surface area contributed by atoms with Gasteiger partial charge in [0.25, 0.3) is 0 Å². The molecule has 0 N–H and O–H groups in total. The van der Waals surface area contributed by atoms with Crippen molar-refractivity contribution in [1.29, 1.82) is 0 Å². The zero-order valence-corrected chi connectivity index (χ0v) is 9.02. The van der Waals surface area contributed by atoms with Crippen LogP contribution in [0.1, 0.15) is 19.4 Å². The standard InChI is InChI=1S/C10H13BrO/c1-3-8-7-9(12-4-2)5-6-10(8)11/h5-7H,3-4H2,1-2H3. The summed E-state index contributed by atoms with van der Waals surface area (Å²) in [5.41, 5.74) is 1.29. The van der Waals surface area contributed by atoms with Gasteiger partial charge in [-0.15, -0.1) is 0 Å². The number of halogens is 1. The highest BCUT2D eigenvalue weighted by molar-refractivity contribution is 9.10. The largest absolute Gasteiger partial charge is 0.494 e. The lowest BCUT2D eigenvalue weighted by atomic mass is 10.2. The van der Waals surface area contributed by atoms with E-state index in [-0.39, 0.29) is 0 Å². The van der Waals surface area contributed by atoms with Crippen LogP contribution in [0.25, 0.3) is 0 Å². The Morgan fingerprint density at radius 3 is 2.67 bits per heavy atom. The molecule has 1 rings (SSSR count). The van der Waals surface area contributed by atoms with E-state index in [1.807, 2.05) is 19.1 Å². The molecule has 12 heavy (non-hydrogen) atoms. The van der Waals surface area contributed by atoms with Crippen LogP contribution in [-0.2, 0) is 6.42 Å². The summed E-state index contributed by atoms with van der Waals surface area (Å²) in [6.45, 7) is 4.86. The van der Waals surface area contributed by atoms with Crippen LogP contribution < -0.4 is 4.74 Å². The SMILES string of the molecule is CCOc1ccc(Br)c(CC)c1. The molecule has 0 aliphatic heterocycles. The van der Waals surface area contributed by atoms with Gasteiger partial charge in [0, 0.05) is 4.47 Å². The van der Waals surface area contributed by atoms with Crippen LogP contribution >= 0.6 is 15.9 Å². The van der Waals surface area contributed by atoms with Gasteiger partial charge in [0.15, 0.2) is 0 Å². The van der Waals surface area contributed by atoms with Crippen LogP contribution in [-0.4, -0.2) is 6.61 Å². The Morgan fingerprint density at radius 2 is 2.08 bits per heavy atom. The van der Waals surface area contributed by atoms with E-state index in [4.69, 9.17) is 4.74 Å². The number of hydrogen-bond donors (Lipinski definition) is 0. The molecule has 1 aromatic carbocycles. The first kappa shape index (κ1) is 9.59. The maximum atomic E-state index is 5.38. The number of hydrogen-bond acceptors (Lipinski definition) is 1. The summed E-state index contributed by atoms with van der Waals surface area (Å²) in [4.78, 5) is 0. The van der Waals surface area contributed by atoms with E-state index in [2.05, 4.69) is 28.9 Å². The van der Waals surface area contributed by atoms with Gasteiger partial charge >= 0.3 is 0 Å². The molecule has 0 saturated heterocycles. The summed E-state index contributed by atoms with van der Waals surface area (Å²) in [6, 6.07) is 6.09. The average Bonchev–Trinajstić information content (AvgIpc) is 2.09. The predicted octanol–water partition coefficient (Wildman–Crippen LogP) is 3.41. The third-order valence-electron chi connectivity index (χ3n) is 1.71. The lowest BCUT2D eigenvalue weighted by Gasteiger charge is -2.06. The van der Waals surface area contributed by atoms with E-state index >= 15 is 0 Å². The van der Waals surface area contributed by atoms with Gasteiger partial charge in [0.1, 0.15) is 5.75 Å². The molecule has 66 valence electrons. The van der Waals surface area contributed by atoms with Gasteiger partial charge in [-0.2, -0.15) is 0 Å². The predicted molar refractivity (Wildman–Crippen MR) is 54.7 cm³/mol. The summed E-state index contributed by atoms with van der Waals surface area (Å²) in [7, 11) is 0. The van der Waals surface area contributed by atoms with Crippen molar-refractivity contribution in [3.05, 3.63) is 28.2 Å². The number of benzene rings is 1. The molecule has 0 spiro atoms. The molecule has 0 unspecified atom stereocenters. The molecule has 0 aromatic heterocycles. The Bertz CT molecular complexity index is 258. The molecule has 0 aliphatic carbocycles. The second-order valence-corrected chi connectivity index (χ2v) is 3.39. The Kier molecular flexibility index (Phi) is 3.60. The molecule has 0 aliphatic rings. The van der Waals surface area contributed by atoms with Crippen molar-refractivity contribution < 1.29 is 4.74 Å². The maximum Gasteiger partial charge on any atom is 0.119 e. The number of ether oxygens (including phenoxy) is 1. The van der Waals surface area contributed by atoms with Crippen molar-refractivity contribution >= 4 is 15.9 Å². The third-order valence-corrected chi connectivity index (χ3v) is 2.48. The molecule has 1 aromatic rings. The minimum atomic E-state index is 0.727. The first-order chi connectivity index (χ1) is 5.77. The molecule has 0 saturated carbocycles. The summed E-state index contributed by atoms with van der Waals surface area (Å²) >= 11 is 3.49. The molecule has 0 fully saturated rings. The van der Waals surface area contributed by atoms with Gasteiger partial charge in [-0.1, -0.05) is 22.9 Å². The number of rotatable bonds is 3. The van der Waals surface area contributed by atoms with Crippen LogP contribution in [0.15, 0.2) is 22.7 Å². The van der Waals surface area contributed by atoms with E-state index in [1.54, 1.807) is 0 Å². The molecule has 0 atom stereocenters. The highest BCUT2D eigenvalue weighted by Gasteiger charge is 1.99. The monoisotopic (exact) mass is 228 g/mol. The fraction of sp³-hybridized carbons (Fsp3) is 0.400. The summed E-state index contributed by atoms with van der Waals surface area (Å²) in [5.74, 6) is 0.956. The molecular weight excluding hydrogens is 216 g/mol. The van der Waals surface area contributed by atoms with Gasteiger partial charge in [0.2, 0.25) is 0 Å². The van der Waals surface area contributed by atoms with Gasteiger partial charge in [-0.3, -0.25) is 0 Å². The summed E-state index contributed by atoms with van der Waals surface area (Å²) in [6.07, 6.45) is 1.03. The minimum Gasteiger partial charge on any atom is -0.494 e. The maximum absolute atomic E-state index is 5.38. The third kappa shape index (κ3) is 2.24. The van der Waals surface area contributed by atoms with Crippen molar-refractivity contribution in [3.8, 4) is 5.75 Å². The van der Waals surface area contributed by atoms with Crippen LogP contribution in [0.3, 0.4) is 0 Å². The second kappa shape index (κ2) is 4.51. The molecule has 2 heteroatoms. The van der Waals surface area contributed by atoms with Crippen LogP contribution in [0.5, 0.6) is 5.75 Å². The second-order valence-electron chi connectivity index (χ2n) is 2.54. The van der Waals surface area contributed by atoms with E-state index in [9.17, 15) is 0 Å². The Labute approximate surface area is 81.9 Å². The topological polar surface area (TPSA) is 9.23 Å². The van der Waals surface area contributed by atoms with Crippen molar-refractivity contribution in [1.82, 2.24) is 0 Å². The van der Waals surface area contributed by atoms with Crippen LogP contribution in [0, 0.1) is 0 Å². The van der Waals surface area contributed by atoms with E-state index < -0.39 is 0 Å². The van der Waals surface area contributed by atoms with Crippen LogP contribution in [0.4, 0.5) is 0 Å². The van der Waals surface area contributed by atoms with Gasteiger partial charge < -0.3 is 4.74 Å². The van der Waals surface area contributed by atoms with Crippen LogP contribution in [0.2, 0.25) is 0 Å². The Morgan fingerprint density at radius 1 is 1.33 bits per heavy atom. The Hall–Kier alpha value is -0.500. The van der Waals surface area contributed by atoms with Crippen molar-refractivity contribution in [2.45, 2.75) is 20.3 Å². The lowest BCUT2D eigenvalue weighted by molar-refractivity contribution is 0.340. The Balaban J connectivity index is 2.89. The zero-order chi connectivity index (χ0) is 8.97. The van der Waals surface area contributed by atoms with E-state index in [0.29, 0.717) is 0 Å². The molecule has 0 bridgehead atoms. The van der Waals surface area contributed by atoms with E-state index in [1.165, 1.54) is 5.56 Å². The van der Waals surface area contributed by atoms with Crippen molar-refractivity contribution in [2.24, 2.45) is 0 Å². The van der Waals surface area contributed by atoms with E-state index in [0.717, 1.165) is 23.2 Å². The first-order valence-corrected chi connectivity index (χ1v) is 4.98. The number of aryl methyl sites for hydroxylation is 1. The molecule has 0 heterocycles. The first-order valence-electron chi connectivity index (χ1n) is 4.19. The quantitative estimate of drug-likeness (QED) is 0.771. The fourth-order valence-electron chi connectivity index (χ4n) is 1.08. The summed E-state index contributed by atoms with van der Waals surface area (Å²) in [5, 5.41) is 0.